The first-order valence-electron chi connectivity index (χ1n) is 6.23. The number of hydrogen-bond acceptors (Lipinski definition) is 4. The van der Waals surface area contributed by atoms with E-state index in [9.17, 15) is 0 Å². The molecule has 0 bridgehead atoms. The lowest BCUT2D eigenvalue weighted by Gasteiger charge is -2.38. The Morgan fingerprint density at radius 1 is 1.47 bits per heavy atom. The molecule has 0 saturated carbocycles. The Labute approximate surface area is 108 Å². The number of nitrogens with zero attached hydrogens (tertiary/aromatic N) is 1. The molecule has 0 aliphatic carbocycles. The van der Waals surface area contributed by atoms with Crippen molar-refractivity contribution in [3.63, 3.8) is 0 Å². The van der Waals surface area contributed by atoms with Crippen LogP contribution >= 0.6 is 11.8 Å². The zero-order chi connectivity index (χ0) is 12.5. The van der Waals surface area contributed by atoms with Gasteiger partial charge in [0.15, 0.2) is 0 Å². The van der Waals surface area contributed by atoms with Crippen LogP contribution in [0.25, 0.3) is 0 Å². The standard InChI is InChI=1S/C13H22N2OS/c1-9-10(2)16-12(15-9)7-14-11-8-17-6-5-13(11,3)4/h11,14H,5-8H2,1-4H3. The molecule has 4 heteroatoms. The van der Waals surface area contributed by atoms with Crippen molar-refractivity contribution < 1.29 is 4.42 Å². The third-order valence-corrected chi connectivity index (χ3v) is 4.75. The Hall–Kier alpha value is -0.480. The normalized spacial score (nSPS) is 23.9. The van der Waals surface area contributed by atoms with Crippen LogP contribution in [0.1, 0.15) is 37.6 Å². The molecule has 96 valence electrons. The van der Waals surface area contributed by atoms with E-state index in [2.05, 4.69) is 24.1 Å². The molecule has 1 aromatic heterocycles. The molecular weight excluding hydrogens is 232 g/mol. The summed E-state index contributed by atoms with van der Waals surface area (Å²) in [5.74, 6) is 4.21. The van der Waals surface area contributed by atoms with Crippen LogP contribution in [-0.4, -0.2) is 22.5 Å². The van der Waals surface area contributed by atoms with Gasteiger partial charge in [-0.25, -0.2) is 4.98 Å². The van der Waals surface area contributed by atoms with E-state index in [4.69, 9.17) is 4.42 Å². The zero-order valence-electron chi connectivity index (χ0n) is 11.2. The Bertz CT molecular complexity index is 367. The molecule has 1 N–H and O–H groups in total. The van der Waals surface area contributed by atoms with Crippen LogP contribution in [0.5, 0.6) is 0 Å². The van der Waals surface area contributed by atoms with Gasteiger partial charge in [-0.05, 0) is 31.4 Å². The average molecular weight is 254 g/mol. The second-order valence-electron chi connectivity index (χ2n) is 5.50. The summed E-state index contributed by atoms with van der Waals surface area (Å²) in [5, 5.41) is 3.59. The van der Waals surface area contributed by atoms with Crippen LogP contribution in [0.15, 0.2) is 4.42 Å². The maximum atomic E-state index is 5.59. The maximum absolute atomic E-state index is 5.59. The number of aryl methyl sites for hydroxylation is 2. The van der Waals surface area contributed by atoms with Crippen molar-refractivity contribution in [2.45, 2.75) is 46.7 Å². The summed E-state index contributed by atoms with van der Waals surface area (Å²) in [5.41, 5.74) is 1.38. The second kappa shape index (κ2) is 5.02. The predicted molar refractivity (Wildman–Crippen MR) is 72.3 cm³/mol. The van der Waals surface area contributed by atoms with Gasteiger partial charge in [0, 0.05) is 11.8 Å². The Kier molecular flexibility index (Phi) is 3.83. The molecular formula is C13H22N2OS. The highest BCUT2D eigenvalue weighted by Crippen LogP contribution is 2.34. The van der Waals surface area contributed by atoms with Gasteiger partial charge in [0.05, 0.1) is 12.2 Å². The van der Waals surface area contributed by atoms with Crippen molar-refractivity contribution >= 4 is 11.8 Å². The molecule has 3 nitrogen and oxygen atoms in total. The van der Waals surface area contributed by atoms with Crippen molar-refractivity contribution in [2.75, 3.05) is 11.5 Å². The van der Waals surface area contributed by atoms with E-state index in [1.807, 2.05) is 25.6 Å². The van der Waals surface area contributed by atoms with E-state index in [0.717, 1.165) is 23.9 Å². The lowest BCUT2D eigenvalue weighted by atomic mass is 9.82. The van der Waals surface area contributed by atoms with Gasteiger partial charge < -0.3 is 9.73 Å². The third kappa shape index (κ3) is 3.05. The Morgan fingerprint density at radius 2 is 2.24 bits per heavy atom. The van der Waals surface area contributed by atoms with Crippen LogP contribution in [0.3, 0.4) is 0 Å². The summed E-state index contributed by atoms with van der Waals surface area (Å²) in [6.45, 7) is 9.38. The van der Waals surface area contributed by atoms with Crippen LogP contribution in [0, 0.1) is 19.3 Å². The summed E-state index contributed by atoms with van der Waals surface area (Å²) < 4.78 is 5.59. The third-order valence-electron chi connectivity index (χ3n) is 3.69. The smallest absolute Gasteiger partial charge is 0.208 e. The summed E-state index contributed by atoms with van der Waals surface area (Å²) in [4.78, 5) is 4.41. The minimum Gasteiger partial charge on any atom is -0.444 e. The first-order chi connectivity index (χ1) is 7.99. The van der Waals surface area contributed by atoms with Gasteiger partial charge in [0.2, 0.25) is 5.89 Å². The van der Waals surface area contributed by atoms with Crippen LogP contribution in [0.4, 0.5) is 0 Å². The quantitative estimate of drug-likeness (QED) is 0.900. The molecule has 0 radical (unpaired) electrons. The van der Waals surface area contributed by atoms with Crippen LogP contribution in [0.2, 0.25) is 0 Å². The average Bonchev–Trinajstić information content (AvgIpc) is 2.56. The molecule has 1 unspecified atom stereocenters. The second-order valence-corrected chi connectivity index (χ2v) is 6.65. The molecule has 1 aliphatic rings. The minimum atomic E-state index is 0.377. The Morgan fingerprint density at radius 3 is 2.82 bits per heavy atom. The number of nitrogens with one attached hydrogen (secondary N) is 1. The lowest BCUT2D eigenvalue weighted by molar-refractivity contribution is 0.238. The molecule has 2 rings (SSSR count). The van der Waals surface area contributed by atoms with E-state index in [0.29, 0.717) is 11.5 Å². The van der Waals surface area contributed by atoms with Crippen molar-refractivity contribution in [1.29, 1.82) is 0 Å². The molecule has 0 spiro atoms. The van der Waals surface area contributed by atoms with Gasteiger partial charge in [-0.15, -0.1) is 0 Å². The molecule has 1 aliphatic heterocycles. The molecule has 1 saturated heterocycles. The van der Waals surface area contributed by atoms with Gasteiger partial charge in [-0.1, -0.05) is 13.8 Å². The fraction of sp³-hybridized carbons (Fsp3) is 0.769. The fourth-order valence-corrected chi connectivity index (χ4v) is 3.74. The first-order valence-corrected chi connectivity index (χ1v) is 7.38. The number of rotatable bonds is 3. The van der Waals surface area contributed by atoms with Crippen LogP contribution < -0.4 is 5.32 Å². The minimum absolute atomic E-state index is 0.377. The van der Waals surface area contributed by atoms with Gasteiger partial charge in [-0.2, -0.15) is 11.8 Å². The van der Waals surface area contributed by atoms with Crippen molar-refractivity contribution in [3.8, 4) is 0 Å². The number of oxazole rings is 1. The number of aromatic nitrogens is 1. The maximum Gasteiger partial charge on any atom is 0.208 e. The highest BCUT2D eigenvalue weighted by molar-refractivity contribution is 7.99. The van der Waals surface area contributed by atoms with E-state index in [1.165, 1.54) is 17.9 Å². The molecule has 0 aromatic carbocycles. The lowest BCUT2D eigenvalue weighted by Crippen LogP contribution is -2.46. The fourth-order valence-electron chi connectivity index (χ4n) is 2.10. The molecule has 1 atom stereocenters. The zero-order valence-corrected chi connectivity index (χ0v) is 12.0. The van der Waals surface area contributed by atoms with E-state index in [1.54, 1.807) is 0 Å². The van der Waals surface area contributed by atoms with E-state index in [-0.39, 0.29) is 0 Å². The molecule has 1 aromatic rings. The largest absolute Gasteiger partial charge is 0.444 e. The van der Waals surface area contributed by atoms with Gasteiger partial charge in [0.25, 0.3) is 0 Å². The topological polar surface area (TPSA) is 38.1 Å². The molecule has 2 heterocycles. The molecule has 17 heavy (non-hydrogen) atoms. The highest BCUT2D eigenvalue weighted by Gasteiger charge is 2.32. The summed E-state index contributed by atoms with van der Waals surface area (Å²) in [7, 11) is 0. The highest BCUT2D eigenvalue weighted by atomic mass is 32.2. The summed E-state index contributed by atoms with van der Waals surface area (Å²) >= 11 is 2.04. The number of thioether (sulfide) groups is 1. The summed E-state index contributed by atoms with van der Waals surface area (Å²) in [6, 6.07) is 0.550. The number of hydrogen-bond donors (Lipinski definition) is 1. The monoisotopic (exact) mass is 254 g/mol. The van der Waals surface area contributed by atoms with Crippen molar-refractivity contribution in [2.24, 2.45) is 5.41 Å². The molecule has 0 amide bonds. The van der Waals surface area contributed by atoms with Crippen LogP contribution in [-0.2, 0) is 6.54 Å². The van der Waals surface area contributed by atoms with Gasteiger partial charge >= 0.3 is 0 Å². The summed E-state index contributed by atoms with van der Waals surface area (Å²) in [6.07, 6.45) is 1.28. The van der Waals surface area contributed by atoms with E-state index < -0.39 is 0 Å². The molecule has 1 fully saturated rings. The van der Waals surface area contributed by atoms with Crippen molar-refractivity contribution in [3.05, 3.63) is 17.3 Å². The van der Waals surface area contributed by atoms with E-state index >= 15 is 0 Å². The predicted octanol–water partition coefficient (Wildman–Crippen LogP) is 2.91. The first kappa shape index (κ1) is 13.0. The SMILES string of the molecule is Cc1nc(CNC2CSCCC2(C)C)oc1C. The van der Waals surface area contributed by atoms with Crippen molar-refractivity contribution in [1.82, 2.24) is 10.3 Å². The van der Waals surface area contributed by atoms with Gasteiger partial charge in [-0.3, -0.25) is 0 Å². The van der Waals surface area contributed by atoms with Gasteiger partial charge in [0.1, 0.15) is 5.76 Å². The Balaban J connectivity index is 1.93.